The highest BCUT2D eigenvalue weighted by Gasteiger charge is 2.16. The van der Waals surface area contributed by atoms with Crippen molar-refractivity contribution in [2.45, 2.75) is 19.5 Å². The van der Waals surface area contributed by atoms with Crippen LogP contribution < -0.4 is 5.32 Å². The molecule has 0 spiro atoms. The molecule has 0 saturated carbocycles. The van der Waals surface area contributed by atoms with Gasteiger partial charge in [0.2, 0.25) is 5.76 Å². The van der Waals surface area contributed by atoms with Gasteiger partial charge in [-0.1, -0.05) is 0 Å². The number of furan rings is 1. The molecule has 106 valence electrons. The fourth-order valence-corrected chi connectivity index (χ4v) is 2.18. The minimum atomic E-state index is -1.03. The molecule has 2 N–H and O–H groups in total. The highest BCUT2D eigenvalue weighted by molar-refractivity contribution is 5.86. The molecule has 6 heteroatoms. The second-order valence-corrected chi connectivity index (χ2v) is 4.78. The zero-order chi connectivity index (χ0) is 13.7. The third kappa shape index (κ3) is 4.05. The number of hydrogen-bond acceptors (Lipinski definition) is 5. The Morgan fingerprint density at radius 1 is 1.53 bits per heavy atom. The number of nitrogens with zero attached hydrogens (tertiary/aromatic N) is 1. The maximum atomic E-state index is 10.9. The van der Waals surface area contributed by atoms with Crippen molar-refractivity contribution in [2.24, 2.45) is 0 Å². The van der Waals surface area contributed by atoms with Crippen LogP contribution in [0.5, 0.6) is 0 Å². The van der Waals surface area contributed by atoms with Crippen LogP contribution in [0.15, 0.2) is 16.7 Å². The number of hydrogen-bond donors (Lipinski definition) is 2. The van der Waals surface area contributed by atoms with E-state index in [0.29, 0.717) is 12.1 Å². The van der Waals surface area contributed by atoms with E-state index in [2.05, 4.69) is 17.1 Å². The standard InChI is InChI=1S/C13H20N2O4/c1-10(9-15-3-6-18-7-4-15)14-8-11-2-5-19-12(11)13(16)17/h2,5,10,14H,3-4,6-9H2,1H3,(H,16,17). The summed E-state index contributed by atoms with van der Waals surface area (Å²) in [4.78, 5) is 13.2. The molecule has 1 aromatic rings. The second-order valence-electron chi connectivity index (χ2n) is 4.78. The van der Waals surface area contributed by atoms with Crippen LogP contribution in [-0.4, -0.2) is 54.9 Å². The van der Waals surface area contributed by atoms with E-state index in [1.807, 2.05) is 0 Å². The minimum Gasteiger partial charge on any atom is -0.475 e. The Morgan fingerprint density at radius 3 is 2.95 bits per heavy atom. The summed E-state index contributed by atoms with van der Waals surface area (Å²) >= 11 is 0. The van der Waals surface area contributed by atoms with Crippen molar-refractivity contribution in [3.05, 3.63) is 23.7 Å². The minimum absolute atomic E-state index is 0.0195. The lowest BCUT2D eigenvalue weighted by Gasteiger charge is -2.29. The first-order valence-electron chi connectivity index (χ1n) is 6.50. The van der Waals surface area contributed by atoms with Gasteiger partial charge >= 0.3 is 5.97 Å². The summed E-state index contributed by atoms with van der Waals surface area (Å²) in [5.41, 5.74) is 0.682. The van der Waals surface area contributed by atoms with Crippen LogP contribution in [0.4, 0.5) is 0 Å². The van der Waals surface area contributed by atoms with Gasteiger partial charge in [0, 0.05) is 37.8 Å². The summed E-state index contributed by atoms with van der Waals surface area (Å²) in [6.45, 7) is 7.02. The first kappa shape index (κ1) is 14.0. The van der Waals surface area contributed by atoms with E-state index in [4.69, 9.17) is 14.3 Å². The third-order valence-corrected chi connectivity index (χ3v) is 3.22. The SMILES string of the molecule is CC(CN1CCOCC1)NCc1ccoc1C(=O)O. The van der Waals surface area contributed by atoms with Crippen molar-refractivity contribution >= 4 is 5.97 Å². The summed E-state index contributed by atoms with van der Waals surface area (Å²) in [7, 11) is 0. The van der Waals surface area contributed by atoms with Gasteiger partial charge in [-0.05, 0) is 13.0 Å². The van der Waals surface area contributed by atoms with Crippen molar-refractivity contribution < 1.29 is 19.1 Å². The Morgan fingerprint density at radius 2 is 2.26 bits per heavy atom. The largest absolute Gasteiger partial charge is 0.475 e. The van der Waals surface area contributed by atoms with Crippen LogP contribution in [0.2, 0.25) is 0 Å². The van der Waals surface area contributed by atoms with Gasteiger partial charge in [-0.25, -0.2) is 4.79 Å². The Balaban J connectivity index is 1.77. The van der Waals surface area contributed by atoms with Crippen LogP contribution in [-0.2, 0) is 11.3 Å². The summed E-state index contributed by atoms with van der Waals surface area (Å²) in [5, 5.41) is 12.3. The topological polar surface area (TPSA) is 74.9 Å². The van der Waals surface area contributed by atoms with Gasteiger partial charge in [0.15, 0.2) is 0 Å². The van der Waals surface area contributed by atoms with Crippen LogP contribution in [0.25, 0.3) is 0 Å². The van der Waals surface area contributed by atoms with Gasteiger partial charge in [0.05, 0.1) is 19.5 Å². The smallest absolute Gasteiger partial charge is 0.372 e. The molecule has 1 aliphatic rings. The van der Waals surface area contributed by atoms with Gasteiger partial charge in [-0.15, -0.1) is 0 Å². The van der Waals surface area contributed by atoms with Crippen molar-refractivity contribution in [1.29, 1.82) is 0 Å². The highest BCUT2D eigenvalue weighted by atomic mass is 16.5. The second kappa shape index (κ2) is 6.70. The fourth-order valence-electron chi connectivity index (χ4n) is 2.18. The van der Waals surface area contributed by atoms with Crippen molar-refractivity contribution in [1.82, 2.24) is 10.2 Å². The summed E-state index contributed by atoms with van der Waals surface area (Å²) in [6, 6.07) is 1.98. The molecule has 2 heterocycles. The average molecular weight is 268 g/mol. The van der Waals surface area contributed by atoms with Gasteiger partial charge in [-0.3, -0.25) is 4.90 Å². The van der Waals surface area contributed by atoms with E-state index >= 15 is 0 Å². The predicted octanol–water partition coefficient (Wildman–Crippen LogP) is 0.788. The molecule has 1 atom stereocenters. The molecule has 2 rings (SSSR count). The fraction of sp³-hybridized carbons (Fsp3) is 0.615. The number of carboxylic acids is 1. The number of ether oxygens (including phenoxy) is 1. The van der Waals surface area contributed by atoms with Crippen molar-refractivity contribution in [3.63, 3.8) is 0 Å². The van der Waals surface area contributed by atoms with E-state index < -0.39 is 5.97 Å². The number of morpholine rings is 1. The van der Waals surface area contributed by atoms with Gasteiger partial charge < -0.3 is 19.6 Å². The summed E-state index contributed by atoms with van der Waals surface area (Å²) < 4.78 is 10.2. The first-order chi connectivity index (χ1) is 9.16. The molecule has 1 aliphatic heterocycles. The third-order valence-electron chi connectivity index (χ3n) is 3.22. The Labute approximate surface area is 112 Å². The van der Waals surface area contributed by atoms with Gasteiger partial charge in [0.1, 0.15) is 0 Å². The molecule has 1 aromatic heterocycles. The number of aromatic carboxylic acids is 1. The van der Waals surface area contributed by atoms with Crippen LogP contribution >= 0.6 is 0 Å². The van der Waals surface area contributed by atoms with E-state index in [9.17, 15) is 4.79 Å². The zero-order valence-corrected chi connectivity index (χ0v) is 11.1. The van der Waals surface area contributed by atoms with Gasteiger partial charge in [-0.2, -0.15) is 0 Å². The van der Waals surface area contributed by atoms with Crippen molar-refractivity contribution in [2.75, 3.05) is 32.8 Å². The van der Waals surface area contributed by atoms with Crippen LogP contribution in [0.1, 0.15) is 23.0 Å². The molecule has 0 aromatic carbocycles. The van der Waals surface area contributed by atoms with Gasteiger partial charge in [0.25, 0.3) is 0 Å². The highest BCUT2D eigenvalue weighted by Crippen LogP contribution is 2.10. The van der Waals surface area contributed by atoms with E-state index in [1.54, 1.807) is 6.07 Å². The molecule has 0 aliphatic carbocycles. The number of nitrogens with one attached hydrogen (secondary N) is 1. The maximum Gasteiger partial charge on any atom is 0.372 e. The molecule has 0 radical (unpaired) electrons. The number of carboxylic acid groups (broad SMARTS) is 1. The zero-order valence-electron chi connectivity index (χ0n) is 11.1. The molecule has 6 nitrogen and oxygen atoms in total. The monoisotopic (exact) mass is 268 g/mol. The summed E-state index contributed by atoms with van der Waals surface area (Å²) in [5.74, 6) is -1.01. The molecule has 1 saturated heterocycles. The summed E-state index contributed by atoms with van der Waals surface area (Å²) in [6.07, 6.45) is 1.41. The molecule has 0 bridgehead atoms. The average Bonchev–Trinajstić information content (AvgIpc) is 2.86. The van der Waals surface area contributed by atoms with Crippen LogP contribution in [0.3, 0.4) is 0 Å². The molecule has 1 fully saturated rings. The van der Waals surface area contributed by atoms with E-state index in [0.717, 1.165) is 32.8 Å². The number of rotatable bonds is 6. The van der Waals surface area contributed by atoms with E-state index in [-0.39, 0.29) is 11.8 Å². The molecular weight excluding hydrogens is 248 g/mol. The quantitative estimate of drug-likeness (QED) is 0.794. The number of carbonyl (C=O) groups is 1. The molecule has 19 heavy (non-hydrogen) atoms. The molecular formula is C13H20N2O4. The first-order valence-corrected chi connectivity index (χ1v) is 6.50. The molecule has 0 amide bonds. The predicted molar refractivity (Wildman–Crippen MR) is 69.2 cm³/mol. The Hall–Kier alpha value is -1.37. The normalized spacial score (nSPS) is 18.4. The van der Waals surface area contributed by atoms with Crippen LogP contribution in [0, 0.1) is 0 Å². The Bertz CT molecular complexity index is 413. The lowest BCUT2D eigenvalue weighted by molar-refractivity contribution is 0.0343. The van der Waals surface area contributed by atoms with E-state index in [1.165, 1.54) is 6.26 Å². The Kier molecular flexibility index (Phi) is 4.95. The molecule has 1 unspecified atom stereocenters. The van der Waals surface area contributed by atoms with Crippen molar-refractivity contribution in [3.8, 4) is 0 Å². The maximum absolute atomic E-state index is 10.9. The lowest BCUT2D eigenvalue weighted by atomic mass is 10.2. The lowest BCUT2D eigenvalue weighted by Crippen LogP contribution is -2.44.